The van der Waals surface area contributed by atoms with Crippen molar-refractivity contribution in [1.29, 1.82) is 0 Å². The van der Waals surface area contributed by atoms with Gasteiger partial charge in [-0.05, 0) is 37.1 Å². The molecule has 0 radical (unpaired) electrons. The molecule has 2 rings (SSSR count). The maximum Gasteiger partial charge on any atom is 0.272 e. The van der Waals surface area contributed by atoms with Crippen molar-refractivity contribution in [3.63, 3.8) is 0 Å². The predicted molar refractivity (Wildman–Crippen MR) is 89.2 cm³/mol. The summed E-state index contributed by atoms with van der Waals surface area (Å²) in [6, 6.07) is 6.05. The minimum Gasteiger partial charge on any atom is -0.337 e. The van der Waals surface area contributed by atoms with Gasteiger partial charge < -0.3 is 4.90 Å². The van der Waals surface area contributed by atoms with Gasteiger partial charge in [0, 0.05) is 18.8 Å². The topological polar surface area (TPSA) is 38.1 Å². The first-order valence-corrected chi connectivity index (χ1v) is 8.18. The number of hydrogen-bond acceptors (Lipinski definition) is 2. The third kappa shape index (κ3) is 3.97. The molecule has 0 atom stereocenters. The zero-order valence-corrected chi connectivity index (χ0v) is 14.0. The Balaban J connectivity index is 2.25. The van der Waals surface area contributed by atoms with Gasteiger partial charge in [-0.15, -0.1) is 0 Å². The Kier molecular flexibility index (Phi) is 5.90. The first-order chi connectivity index (χ1) is 11.1. The molecular formula is C18H24FN3O. The molecule has 0 N–H and O–H groups in total. The number of amides is 1. The summed E-state index contributed by atoms with van der Waals surface area (Å²) in [4.78, 5) is 18.8. The fourth-order valence-electron chi connectivity index (χ4n) is 2.64. The van der Waals surface area contributed by atoms with Crippen molar-refractivity contribution in [3.8, 4) is 5.69 Å². The molecule has 0 aliphatic heterocycles. The molecule has 23 heavy (non-hydrogen) atoms. The highest BCUT2D eigenvalue weighted by molar-refractivity contribution is 5.93. The number of nitrogens with zero attached hydrogens (tertiary/aromatic N) is 3. The van der Waals surface area contributed by atoms with Gasteiger partial charge in [0.25, 0.3) is 5.91 Å². The van der Waals surface area contributed by atoms with Crippen LogP contribution < -0.4 is 0 Å². The summed E-state index contributed by atoms with van der Waals surface area (Å²) in [7, 11) is 0. The summed E-state index contributed by atoms with van der Waals surface area (Å²) in [5.41, 5.74) is 1.23. The van der Waals surface area contributed by atoms with Crippen molar-refractivity contribution in [3.05, 3.63) is 48.3 Å². The molecule has 4 nitrogen and oxygen atoms in total. The molecule has 0 fully saturated rings. The standard InChI is InChI=1S/C18H24FN3O/c1-4-14(5-2)12-21(6-3)18(23)17-11-20-13-22(17)16-9-7-15(19)8-10-16/h7-11,13-14H,4-6,12H2,1-3H3. The fraction of sp³-hybridized carbons (Fsp3) is 0.444. The van der Waals surface area contributed by atoms with Crippen molar-refractivity contribution in [1.82, 2.24) is 14.5 Å². The molecule has 2 aromatic rings. The third-order valence-electron chi connectivity index (χ3n) is 4.26. The number of halogens is 1. The highest BCUT2D eigenvalue weighted by Crippen LogP contribution is 2.16. The van der Waals surface area contributed by atoms with Crippen LogP contribution in [0.3, 0.4) is 0 Å². The molecule has 0 saturated heterocycles. The number of rotatable bonds is 7. The van der Waals surface area contributed by atoms with Crippen LogP contribution >= 0.6 is 0 Å². The summed E-state index contributed by atoms with van der Waals surface area (Å²) in [6.45, 7) is 7.68. The van der Waals surface area contributed by atoms with Crippen LogP contribution in [0, 0.1) is 11.7 Å². The Hall–Kier alpha value is -2.17. The van der Waals surface area contributed by atoms with E-state index in [-0.39, 0.29) is 11.7 Å². The molecule has 1 heterocycles. The highest BCUT2D eigenvalue weighted by atomic mass is 19.1. The van der Waals surface area contributed by atoms with Crippen molar-refractivity contribution in [2.45, 2.75) is 33.6 Å². The molecule has 0 aliphatic rings. The van der Waals surface area contributed by atoms with E-state index in [0.717, 1.165) is 25.1 Å². The number of aromatic nitrogens is 2. The maximum atomic E-state index is 13.1. The Morgan fingerprint density at radius 3 is 2.43 bits per heavy atom. The molecular weight excluding hydrogens is 293 g/mol. The second kappa shape index (κ2) is 7.90. The Morgan fingerprint density at radius 2 is 1.87 bits per heavy atom. The van der Waals surface area contributed by atoms with Crippen LogP contribution in [0.15, 0.2) is 36.8 Å². The van der Waals surface area contributed by atoms with E-state index in [9.17, 15) is 9.18 Å². The monoisotopic (exact) mass is 317 g/mol. The van der Waals surface area contributed by atoms with E-state index < -0.39 is 0 Å². The second-order valence-corrected chi connectivity index (χ2v) is 5.65. The van der Waals surface area contributed by atoms with Crippen LogP contribution in [-0.2, 0) is 0 Å². The van der Waals surface area contributed by atoms with Crippen LogP contribution in [0.1, 0.15) is 44.1 Å². The maximum absolute atomic E-state index is 13.1. The van der Waals surface area contributed by atoms with Crippen molar-refractivity contribution in [2.75, 3.05) is 13.1 Å². The van der Waals surface area contributed by atoms with Gasteiger partial charge in [0.2, 0.25) is 0 Å². The minimum atomic E-state index is -0.300. The molecule has 1 aromatic carbocycles. The molecule has 0 saturated carbocycles. The molecule has 124 valence electrons. The molecule has 1 amide bonds. The average molecular weight is 317 g/mol. The minimum absolute atomic E-state index is 0.0405. The molecule has 0 aliphatic carbocycles. The second-order valence-electron chi connectivity index (χ2n) is 5.65. The van der Waals surface area contributed by atoms with Gasteiger partial charge in [-0.3, -0.25) is 9.36 Å². The van der Waals surface area contributed by atoms with Gasteiger partial charge in [0.05, 0.1) is 12.5 Å². The summed E-state index contributed by atoms with van der Waals surface area (Å²) in [5, 5.41) is 0. The SMILES string of the molecule is CCC(CC)CN(CC)C(=O)c1cncn1-c1ccc(F)cc1. The van der Waals surface area contributed by atoms with Crippen LogP contribution in [-0.4, -0.2) is 33.4 Å². The van der Waals surface area contributed by atoms with Crippen molar-refractivity contribution < 1.29 is 9.18 Å². The molecule has 1 aromatic heterocycles. The average Bonchev–Trinajstić information content (AvgIpc) is 3.06. The third-order valence-corrected chi connectivity index (χ3v) is 4.26. The van der Waals surface area contributed by atoms with Crippen LogP contribution in [0.4, 0.5) is 4.39 Å². The highest BCUT2D eigenvalue weighted by Gasteiger charge is 2.21. The van der Waals surface area contributed by atoms with E-state index in [4.69, 9.17) is 0 Å². The summed E-state index contributed by atoms with van der Waals surface area (Å²) in [6.07, 6.45) is 5.27. The zero-order valence-electron chi connectivity index (χ0n) is 14.0. The predicted octanol–water partition coefficient (Wildman–Crippen LogP) is 3.91. The lowest BCUT2D eigenvalue weighted by Crippen LogP contribution is -2.36. The van der Waals surface area contributed by atoms with E-state index in [1.54, 1.807) is 29.2 Å². The zero-order chi connectivity index (χ0) is 16.8. The van der Waals surface area contributed by atoms with Gasteiger partial charge in [-0.2, -0.15) is 0 Å². The van der Waals surface area contributed by atoms with E-state index in [1.165, 1.54) is 12.1 Å². The molecule has 0 spiro atoms. The molecule has 0 bridgehead atoms. The fourth-order valence-corrected chi connectivity index (χ4v) is 2.64. The Bertz CT molecular complexity index is 632. The number of benzene rings is 1. The smallest absolute Gasteiger partial charge is 0.272 e. The van der Waals surface area contributed by atoms with Crippen LogP contribution in [0.2, 0.25) is 0 Å². The lowest BCUT2D eigenvalue weighted by Gasteiger charge is -2.25. The quantitative estimate of drug-likeness (QED) is 0.776. The number of carbonyl (C=O) groups is 1. The van der Waals surface area contributed by atoms with E-state index >= 15 is 0 Å². The van der Waals surface area contributed by atoms with Crippen LogP contribution in [0.25, 0.3) is 5.69 Å². The first-order valence-electron chi connectivity index (χ1n) is 8.18. The molecule has 5 heteroatoms. The number of carbonyl (C=O) groups excluding carboxylic acids is 1. The summed E-state index contributed by atoms with van der Waals surface area (Å²) in [5.74, 6) is 0.160. The van der Waals surface area contributed by atoms with Gasteiger partial charge >= 0.3 is 0 Å². The van der Waals surface area contributed by atoms with E-state index in [1.807, 2.05) is 11.8 Å². The Morgan fingerprint density at radius 1 is 1.22 bits per heavy atom. The Labute approximate surface area is 136 Å². The summed E-state index contributed by atoms with van der Waals surface area (Å²) < 4.78 is 14.8. The lowest BCUT2D eigenvalue weighted by atomic mass is 10.0. The van der Waals surface area contributed by atoms with Gasteiger partial charge in [-0.25, -0.2) is 9.37 Å². The van der Waals surface area contributed by atoms with Crippen molar-refractivity contribution >= 4 is 5.91 Å². The van der Waals surface area contributed by atoms with Gasteiger partial charge in [-0.1, -0.05) is 26.7 Å². The van der Waals surface area contributed by atoms with Crippen LogP contribution in [0.5, 0.6) is 0 Å². The first kappa shape index (κ1) is 17.2. The van der Waals surface area contributed by atoms with Gasteiger partial charge in [0.15, 0.2) is 0 Å². The largest absolute Gasteiger partial charge is 0.337 e. The van der Waals surface area contributed by atoms with Crippen molar-refractivity contribution in [2.24, 2.45) is 5.92 Å². The number of imidazole rings is 1. The summed E-state index contributed by atoms with van der Waals surface area (Å²) >= 11 is 0. The van der Waals surface area contributed by atoms with E-state index in [2.05, 4.69) is 18.8 Å². The molecule has 0 unspecified atom stereocenters. The number of hydrogen-bond donors (Lipinski definition) is 0. The van der Waals surface area contributed by atoms with E-state index in [0.29, 0.717) is 18.2 Å². The van der Waals surface area contributed by atoms with Gasteiger partial charge in [0.1, 0.15) is 11.5 Å². The normalized spacial score (nSPS) is 11.0. The lowest BCUT2D eigenvalue weighted by molar-refractivity contribution is 0.0727.